The molecule has 4 nitrogen and oxygen atoms in total. The van der Waals surface area contributed by atoms with Crippen molar-refractivity contribution >= 4 is 65.2 Å². The third-order valence-electron chi connectivity index (χ3n) is 16.4. The molecule has 4 heteroatoms. The summed E-state index contributed by atoms with van der Waals surface area (Å²) in [7, 11) is 0. The van der Waals surface area contributed by atoms with Gasteiger partial charge < -0.3 is 0 Å². The van der Waals surface area contributed by atoms with Gasteiger partial charge in [0.05, 0.1) is 22.1 Å². The molecule has 2 heterocycles. The Morgan fingerprint density at radius 2 is 0.537 bits per heavy atom. The van der Waals surface area contributed by atoms with E-state index in [2.05, 4.69) is 290 Å². The van der Waals surface area contributed by atoms with E-state index >= 15 is 0 Å². The quantitative estimate of drug-likeness (QED) is 0.128. The summed E-state index contributed by atoms with van der Waals surface area (Å²) < 4.78 is 4.63. The highest BCUT2D eigenvalue weighted by molar-refractivity contribution is 6.24. The topological polar surface area (TPSA) is 35.6 Å². The van der Waals surface area contributed by atoms with Gasteiger partial charge in [0.25, 0.3) is 0 Å². The molecule has 0 amide bonds. The lowest BCUT2D eigenvalue weighted by molar-refractivity contribution is 0.908. The predicted molar refractivity (Wildman–Crippen MR) is 337 cm³/mol. The van der Waals surface area contributed by atoms with Crippen LogP contribution in [0.25, 0.3) is 143 Å². The lowest BCUT2D eigenvalue weighted by Gasteiger charge is -2.20. The van der Waals surface area contributed by atoms with Crippen molar-refractivity contribution in [3.8, 4) is 78.1 Å². The summed E-state index contributed by atoms with van der Waals surface area (Å²) in [6.45, 7) is 4.37. The Morgan fingerprint density at radius 3 is 0.950 bits per heavy atom. The SMILES string of the molecule is CCc1nc2ccccc2n1-c1ccc(-c2c3ccccc3c(-c3ccccc3)c3ccc(-c4ccc5c(-c6ccc(-c7ccccc7)cc6)c6ccccc6c(-c6ccc(-n7c(CC)nc8ccccc87)cc6)c5c4)cc23)cc1. The molecule has 0 bridgehead atoms. The van der Waals surface area contributed by atoms with Gasteiger partial charge in [0.1, 0.15) is 11.6 Å². The van der Waals surface area contributed by atoms with Crippen molar-refractivity contribution < 1.29 is 0 Å². The summed E-state index contributed by atoms with van der Waals surface area (Å²) in [6, 6.07) is 98.3. The standard InChI is InChI=1S/C76H54N4/c1-3-71-77-67-27-15-17-29-69(67)79(71)57-41-35-53(36-42-57)75-61-25-13-11-23-59(61)73(51-21-9-6-10-22-51)63-45-39-55(47-65(63)75)56-40-46-64-66(48-56)76(54-37-43-58(44-38-54)80-70-30-18-16-28-68(70)78-72(80)4-2)62-26-14-12-24-60(62)74(64)52-33-31-50(32-34-52)49-19-7-5-8-20-49/h5-48H,3-4H2,1-2H3. The molecule has 0 saturated carbocycles. The lowest BCUT2D eigenvalue weighted by Crippen LogP contribution is -2.00. The van der Waals surface area contributed by atoms with Gasteiger partial charge in [0.2, 0.25) is 0 Å². The molecule has 0 radical (unpaired) electrons. The van der Waals surface area contributed by atoms with Crippen LogP contribution < -0.4 is 0 Å². The van der Waals surface area contributed by atoms with E-state index in [9.17, 15) is 0 Å². The second-order valence-corrected chi connectivity index (χ2v) is 20.9. The van der Waals surface area contributed by atoms with Crippen molar-refractivity contribution in [1.29, 1.82) is 0 Å². The van der Waals surface area contributed by atoms with Crippen molar-refractivity contribution in [2.75, 3.05) is 0 Å². The van der Waals surface area contributed by atoms with Crippen LogP contribution in [0, 0.1) is 0 Å². The van der Waals surface area contributed by atoms with Crippen LogP contribution in [0.3, 0.4) is 0 Å². The summed E-state index contributed by atoms with van der Waals surface area (Å²) in [5.41, 5.74) is 20.8. The number of hydrogen-bond donors (Lipinski definition) is 0. The van der Waals surface area contributed by atoms with Crippen molar-refractivity contribution in [2.24, 2.45) is 0 Å². The van der Waals surface area contributed by atoms with E-state index in [0.29, 0.717) is 0 Å². The zero-order valence-corrected chi connectivity index (χ0v) is 44.6. The fourth-order valence-electron chi connectivity index (χ4n) is 12.8. The molecule has 0 aliphatic heterocycles. The molecule has 0 spiro atoms. The second-order valence-electron chi connectivity index (χ2n) is 20.9. The first-order valence-corrected chi connectivity index (χ1v) is 27.9. The Hall–Kier alpha value is -10.2. The molecule has 0 unspecified atom stereocenters. The van der Waals surface area contributed by atoms with Gasteiger partial charge in [-0.25, -0.2) is 9.97 Å². The number of aromatic nitrogens is 4. The second kappa shape index (κ2) is 19.4. The maximum absolute atomic E-state index is 5.03. The van der Waals surface area contributed by atoms with Gasteiger partial charge in [-0.05, 0) is 171 Å². The Morgan fingerprint density at radius 1 is 0.250 bits per heavy atom. The number of nitrogens with zero attached hydrogens (tertiary/aromatic N) is 4. The van der Waals surface area contributed by atoms with Gasteiger partial charge in [0.15, 0.2) is 0 Å². The zero-order chi connectivity index (χ0) is 53.3. The number of benzene rings is 13. The number of hydrogen-bond acceptors (Lipinski definition) is 2. The van der Waals surface area contributed by atoms with E-state index in [1.54, 1.807) is 0 Å². The van der Waals surface area contributed by atoms with E-state index in [1.807, 2.05) is 0 Å². The summed E-state index contributed by atoms with van der Waals surface area (Å²) in [5.74, 6) is 2.10. The number of fused-ring (bicyclic) bond motifs is 6. The van der Waals surface area contributed by atoms with Gasteiger partial charge in [-0.1, -0.05) is 220 Å². The summed E-state index contributed by atoms with van der Waals surface area (Å²) in [5, 5.41) is 9.74. The normalized spacial score (nSPS) is 11.7. The van der Waals surface area contributed by atoms with Crippen LogP contribution in [0.1, 0.15) is 25.5 Å². The first-order valence-electron chi connectivity index (χ1n) is 27.9. The van der Waals surface area contributed by atoms with Crippen LogP contribution in [0.4, 0.5) is 0 Å². The number of rotatable bonds is 10. The molecule has 15 aromatic rings. The highest BCUT2D eigenvalue weighted by atomic mass is 15.1. The zero-order valence-electron chi connectivity index (χ0n) is 44.6. The van der Waals surface area contributed by atoms with Crippen LogP contribution in [-0.4, -0.2) is 19.1 Å². The molecular formula is C76H54N4. The Bertz CT molecular complexity index is 4860. The Labute approximate surface area is 465 Å². The fraction of sp³-hybridized carbons (Fsp3) is 0.0526. The van der Waals surface area contributed by atoms with E-state index in [0.717, 1.165) is 69.1 Å². The van der Waals surface area contributed by atoms with E-state index in [-0.39, 0.29) is 0 Å². The molecule has 0 saturated heterocycles. The molecule has 0 aliphatic carbocycles. The molecule has 0 fully saturated rings. The van der Waals surface area contributed by atoms with Crippen molar-refractivity contribution in [3.63, 3.8) is 0 Å². The lowest BCUT2D eigenvalue weighted by atomic mass is 9.83. The van der Waals surface area contributed by atoms with Crippen LogP contribution in [0.5, 0.6) is 0 Å². The minimum absolute atomic E-state index is 0.832. The third-order valence-corrected chi connectivity index (χ3v) is 16.4. The highest BCUT2D eigenvalue weighted by Crippen LogP contribution is 2.48. The number of imidazole rings is 2. The van der Waals surface area contributed by atoms with Crippen molar-refractivity contribution in [3.05, 3.63) is 279 Å². The Kier molecular flexibility index (Phi) is 11.4. The molecule has 0 aliphatic rings. The monoisotopic (exact) mass is 1020 g/mol. The largest absolute Gasteiger partial charge is 0.296 e. The van der Waals surface area contributed by atoms with Gasteiger partial charge >= 0.3 is 0 Å². The van der Waals surface area contributed by atoms with Crippen LogP contribution in [0.2, 0.25) is 0 Å². The molecule has 378 valence electrons. The molecule has 80 heavy (non-hydrogen) atoms. The minimum Gasteiger partial charge on any atom is -0.296 e. The van der Waals surface area contributed by atoms with Crippen LogP contribution in [0.15, 0.2) is 267 Å². The predicted octanol–water partition coefficient (Wildman–Crippen LogP) is 20.1. The first-order chi connectivity index (χ1) is 39.6. The maximum Gasteiger partial charge on any atom is 0.114 e. The van der Waals surface area contributed by atoms with Crippen molar-refractivity contribution in [2.45, 2.75) is 26.7 Å². The molecule has 13 aromatic carbocycles. The van der Waals surface area contributed by atoms with E-state index in [1.165, 1.54) is 98.7 Å². The van der Waals surface area contributed by atoms with Gasteiger partial charge in [-0.15, -0.1) is 0 Å². The van der Waals surface area contributed by atoms with Crippen LogP contribution in [-0.2, 0) is 12.8 Å². The van der Waals surface area contributed by atoms with Crippen molar-refractivity contribution in [1.82, 2.24) is 19.1 Å². The van der Waals surface area contributed by atoms with Gasteiger partial charge in [-0.3, -0.25) is 9.13 Å². The molecule has 0 atom stereocenters. The van der Waals surface area contributed by atoms with Crippen LogP contribution >= 0.6 is 0 Å². The van der Waals surface area contributed by atoms with E-state index < -0.39 is 0 Å². The fourth-order valence-corrected chi connectivity index (χ4v) is 12.8. The first kappa shape index (κ1) is 47.1. The maximum atomic E-state index is 5.03. The smallest absolute Gasteiger partial charge is 0.114 e. The summed E-state index contributed by atoms with van der Waals surface area (Å²) in [4.78, 5) is 10.1. The summed E-state index contributed by atoms with van der Waals surface area (Å²) >= 11 is 0. The average molecular weight is 1020 g/mol. The van der Waals surface area contributed by atoms with Gasteiger partial charge in [0, 0.05) is 24.2 Å². The number of aryl methyl sites for hydroxylation is 2. The highest BCUT2D eigenvalue weighted by Gasteiger charge is 2.22. The number of para-hydroxylation sites is 4. The van der Waals surface area contributed by atoms with E-state index in [4.69, 9.17) is 9.97 Å². The van der Waals surface area contributed by atoms with Gasteiger partial charge in [-0.2, -0.15) is 0 Å². The molecule has 0 N–H and O–H groups in total. The summed E-state index contributed by atoms with van der Waals surface area (Å²) in [6.07, 6.45) is 1.67. The minimum atomic E-state index is 0.832. The molecular weight excluding hydrogens is 969 g/mol. The average Bonchev–Trinajstić information content (AvgIpc) is 4.19. The molecule has 2 aromatic heterocycles. The molecule has 15 rings (SSSR count). The Balaban J connectivity index is 0.955. The third kappa shape index (κ3) is 7.74.